The predicted molar refractivity (Wildman–Crippen MR) is 102 cm³/mol. The van der Waals surface area contributed by atoms with Crippen molar-refractivity contribution in [1.29, 1.82) is 0 Å². The Kier molecular flexibility index (Phi) is 6.48. The van der Waals surface area contributed by atoms with E-state index in [1.807, 2.05) is 0 Å². The third-order valence-electron chi connectivity index (χ3n) is 5.37. The van der Waals surface area contributed by atoms with Crippen molar-refractivity contribution in [2.24, 2.45) is 5.92 Å². The predicted octanol–water partition coefficient (Wildman–Crippen LogP) is 2.19. The summed E-state index contributed by atoms with van der Waals surface area (Å²) in [6, 6.07) is 4.67. The van der Waals surface area contributed by atoms with Gasteiger partial charge in [-0.05, 0) is 56.3 Å². The van der Waals surface area contributed by atoms with Crippen molar-refractivity contribution in [1.82, 2.24) is 10.0 Å². The van der Waals surface area contributed by atoms with E-state index in [4.69, 9.17) is 14.6 Å². The molecule has 172 valence electrons. The maximum Gasteiger partial charge on any atom is 0.490 e. The van der Waals surface area contributed by atoms with Crippen LogP contribution in [0.3, 0.4) is 0 Å². The van der Waals surface area contributed by atoms with Crippen molar-refractivity contribution < 1.29 is 41.0 Å². The molecule has 9 nitrogen and oxygen atoms in total. The van der Waals surface area contributed by atoms with Gasteiger partial charge in [0.15, 0.2) is 0 Å². The Balaban J connectivity index is 0.000000339. The van der Waals surface area contributed by atoms with Crippen LogP contribution in [0.15, 0.2) is 23.1 Å². The Morgan fingerprint density at radius 3 is 2.61 bits per heavy atom. The van der Waals surface area contributed by atoms with Gasteiger partial charge < -0.3 is 15.2 Å². The summed E-state index contributed by atoms with van der Waals surface area (Å²) < 4.78 is 64.5. The SMILES string of the molecule is O=C(O)C(F)(F)F.O=C1Nc2ccc(S(=O)(=O)NCC3CCNC4(CC4)C3)cc2CO1. The maximum absolute atomic E-state index is 12.5. The molecule has 1 saturated heterocycles. The largest absolute Gasteiger partial charge is 0.490 e. The number of hydrogen-bond acceptors (Lipinski definition) is 6. The van der Waals surface area contributed by atoms with Gasteiger partial charge in [-0.3, -0.25) is 5.32 Å². The van der Waals surface area contributed by atoms with Gasteiger partial charge in [-0.25, -0.2) is 22.7 Å². The van der Waals surface area contributed by atoms with Crippen molar-refractivity contribution in [2.75, 3.05) is 18.4 Å². The van der Waals surface area contributed by atoms with Crippen LogP contribution in [0.2, 0.25) is 0 Å². The fourth-order valence-electron chi connectivity index (χ4n) is 3.55. The standard InChI is InChI=1S/C16H21N3O4S.C2HF3O2/c20-15-19-14-2-1-13(7-12(14)10-23-15)24(21,22)18-9-11-3-6-17-16(8-11)4-5-16;3-2(4,5)1(6)7/h1-2,7,11,17-18H,3-6,8-10H2,(H,19,20);(H,6,7). The molecule has 1 amide bonds. The highest BCUT2D eigenvalue weighted by atomic mass is 32.2. The quantitative estimate of drug-likeness (QED) is 0.536. The number of amides is 1. The first-order valence-electron chi connectivity index (χ1n) is 9.52. The second kappa shape index (κ2) is 8.63. The summed E-state index contributed by atoms with van der Waals surface area (Å²) in [4.78, 5) is 20.3. The Morgan fingerprint density at radius 2 is 2.00 bits per heavy atom. The topological polar surface area (TPSA) is 134 Å². The van der Waals surface area contributed by atoms with Crippen LogP contribution in [0.5, 0.6) is 0 Å². The number of nitrogens with one attached hydrogen (secondary N) is 3. The number of sulfonamides is 1. The van der Waals surface area contributed by atoms with Gasteiger partial charge in [0.05, 0.1) is 10.6 Å². The van der Waals surface area contributed by atoms with E-state index in [2.05, 4.69) is 15.4 Å². The summed E-state index contributed by atoms with van der Waals surface area (Å²) in [6.45, 7) is 1.51. The van der Waals surface area contributed by atoms with Gasteiger partial charge in [-0.15, -0.1) is 0 Å². The molecule has 3 aliphatic rings. The lowest BCUT2D eigenvalue weighted by Crippen LogP contribution is -2.43. The molecule has 1 aliphatic carbocycles. The Hall–Kier alpha value is -2.38. The van der Waals surface area contributed by atoms with E-state index in [0.717, 1.165) is 19.4 Å². The molecule has 4 N–H and O–H groups in total. The average molecular weight is 465 g/mol. The number of benzene rings is 1. The number of hydrogen-bond donors (Lipinski definition) is 4. The number of halogens is 3. The number of carboxylic acid groups (broad SMARTS) is 1. The highest BCUT2D eigenvalue weighted by Crippen LogP contribution is 2.43. The van der Waals surface area contributed by atoms with Gasteiger partial charge in [0.25, 0.3) is 0 Å². The van der Waals surface area contributed by atoms with Gasteiger partial charge in [-0.1, -0.05) is 0 Å². The van der Waals surface area contributed by atoms with Crippen molar-refractivity contribution in [3.05, 3.63) is 23.8 Å². The van der Waals surface area contributed by atoms with Crippen molar-refractivity contribution in [3.63, 3.8) is 0 Å². The summed E-state index contributed by atoms with van der Waals surface area (Å²) in [5, 5.41) is 13.2. The van der Waals surface area contributed by atoms with Gasteiger partial charge in [-0.2, -0.15) is 13.2 Å². The molecule has 1 unspecified atom stereocenters. The van der Waals surface area contributed by atoms with Crippen LogP contribution in [0.1, 0.15) is 31.2 Å². The van der Waals surface area contributed by atoms with Gasteiger partial charge in [0, 0.05) is 17.6 Å². The molecule has 1 atom stereocenters. The summed E-state index contributed by atoms with van der Waals surface area (Å²) in [7, 11) is -3.56. The van der Waals surface area contributed by atoms with Crippen molar-refractivity contribution >= 4 is 27.8 Å². The third kappa shape index (κ3) is 6.08. The van der Waals surface area contributed by atoms with Crippen LogP contribution < -0.4 is 15.4 Å². The molecule has 1 aromatic carbocycles. The number of fused-ring (bicyclic) bond motifs is 1. The van der Waals surface area contributed by atoms with Crippen LogP contribution >= 0.6 is 0 Å². The number of cyclic esters (lactones) is 1. The number of aliphatic carboxylic acids is 1. The first-order chi connectivity index (χ1) is 14.4. The highest BCUT2D eigenvalue weighted by molar-refractivity contribution is 7.89. The molecule has 31 heavy (non-hydrogen) atoms. The lowest BCUT2D eigenvalue weighted by Gasteiger charge is -2.30. The minimum absolute atomic E-state index is 0.0847. The summed E-state index contributed by atoms with van der Waals surface area (Å²) >= 11 is 0. The normalized spacial score (nSPS) is 21.8. The highest BCUT2D eigenvalue weighted by Gasteiger charge is 2.45. The molecule has 0 radical (unpaired) electrons. The van der Waals surface area contributed by atoms with E-state index in [9.17, 15) is 26.4 Å². The zero-order chi connectivity index (χ0) is 22.9. The summed E-state index contributed by atoms with van der Waals surface area (Å²) in [5.74, 6) is -2.38. The van der Waals surface area contributed by atoms with E-state index >= 15 is 0 Å². The van der Waals surface area contributed by atoms with Gasteiger partial charge in [0.2, 0.25) is 10.0 Å². The minimum atomic E-state index is -5.08. The van der Waals surface area contributed by atoms with Crippen LogP contribution in [-0.4, -0.2) is 50.4 Å². The zero-order valence-corrected chi connectivity index (χ0v) is 17.1. The number of anilines is 1. The molecule has 2 fully saturated rings. The van der Waals surface area contributed by atoms with E-state index < -0.39 is 28.3 Å². The number of alkyl halides is 3. The lowest BCUT2D eigenvalue weighted by molar-refractivity contribution is -0.192. The molecule has 1 spiro atoms. The van der Waals surface area contributed by atoms with Crippen LogP contribution in [0, 0.1) is 5.92 Å². The second-order valence-electron chi connectivity index (χ2n) is 7.74. The third-order valence-corrected chi connectivity index (χ3v) is 6.79. The number of carboxylic acids is 1. The van der Waals surface area contributed by atoms with E-state index in [1.165, 1.54) is 18.9 Å². The van der Waals surface area contributed by atoms with Gasteiger partial charge >= 0.3 is 18.2 Å². The molecule has 0 aromatic heterocycles. The van der Waals surface area contributed by atoms with Crippen LogP contribution in [0.4, 0.5) is 23.7 Å². The smallest absolute Gasteiger partial charge is 0.475 e. The Labute approximate surface area is 176 Å². The Morgan fingerprint density at radius 1 is 1.32 bits per heavy atom. The molecule has 2 aliphatic heterocycles. The van der Waals surface area contributed by atoms with Crippen molar-refractivity contribution in [3.8, 4) is 0 Å². The monoisotopic (exact) mass is 465 g/mol. The fraction of sp³-hybridized carbons (Fsp3) is 0.556. The second-order valence-corrected chi connectivity index (χ2v) is 9.51. The summed E-state index contributed by atoms with van der Waals surface area (Å²) in [5.41, 5.74) is 1.55. The van der Waals surface area contributed by atoms with Crippen molar-refractivity contribution in [2.45, 2.75) is 48.9 Å². The molecule has 4 rings (SSSR count). The first-order valence-corrected chi connectivity index (χ1v) is 11.0. The van der Waals surface area contributed by atoms with E-state index in [1.54, 1.807) is 12.1 Å². The molecule has 1 aromatic rings. The average Bonchev–Trinajstić information content (AvgIpc) is 3.44. The number of carbonyl (C=O) groups excluding carboxylic acids is 1. The fourth-order valence-corrected chi connectivity index (χ4v) is 4.72. The first kappa shape index (κ1) is 23.3. The zero-order valence-electron chi connectivity index (χ0n) is 16.3. The summed E-state index contributed by atoms with van der Waals surface area (Å²) in [6.07, 6.45) is -1.16. The van der Waals surface area contributed by atoms with Crippen LogP contribution in [-0.2, 0) is 26.2 Å². The number of carbonyl (C=O) groups is 2. The van der Waals surface area contributed by atoms with E-state index in [0.29, 0.717) is 23.7 Å². The van der Waals surface area contributed by atoms with Crippen LogP contribution in [0.25, 0.3) is 0 Å². The number of piperidine rings is 1. The minimum Gasteiger partial charge on any atom is -0.475 e. The molecular formula is C18H22F3N3O6S. The molecule has 0 bridgehead atoms. The van der Waals surface area contributed by atoms with Gasteiger partial charge in [0.1, 0.15) is 6.61 Å². The Bertz CT molecular complexity index is 963. The maximum atomic E-state index is 12.5. The van der Waals surface area contributed by atoms with E-state index in [-0.39, 0.29) is 17.0 Å². The molecule has 1 saturated carbocycles. The molecule has 2 heterocycles. The molecular weight excluding hydrogens is 443 g/mol. The number of rotatable bonds is 4. The molecule has 13 heteroatoms. The lowest BCUT2D eigenvalue weighted by atomic mass is 9.91. The number of ether oxygens (including phenoxy) is 1.